The third-order valence-corrected chi connectivity index (χ3v) is 2.93. The molecule has 1 unspecified atom stereocenters. The fraction of sp³-hybridized carbons (Fsp3) is 0.308. The van der Waals surface area contributed by atoms with Crippen LogP contribution in [0.5, 0.6) is 0 Å². The van der Waals surface area contributed by atoms with Crippen molar-refractivity contribution in [3.63, 3.8) is 0 Å². The highest BCUT2D eigenvalue weighted by Crippen LogP contribution is 2.25. The van der Waals surface area contributed by atoms with E-state index in [1.165, 1.54) is 6.08 Å². The van der Waals surface area contributed by atoms with E-state index < -0.39 is 0 Å². The Labute approximate surface area is 104 Å². The smallest absolute Gasteiger partial charge is 0.330 e. The molecule has 0 fully saturated rings. The molecule has 0 saturated heterocycles. The largest absolute Gasteiger partial charge is 0.463 e. The van der Waals surface area contributed by atoms with E-state index in [9.17, 15) is 4.79 Å². The molecule has 0 aliphatic rings. The van der Waals surface area contributed by atoms with Crippen molar-refractivity contribution in [3.8, 4) is 0 Å². The first kappa shape index (κ1) is 13.0. The van der Waals surface area contributed by atoms with Gasteiger partial charge in [-0.15, -0.1) is 0 Å². The lowest BCUT2D eigenvalue weighted by Crippen LogP contribution is -2.00. The van der Waals surface area contributed by atoms with Crippen molar-refractivity contribution >= 4 is 21.9 Å². The van der Waals surface area contributed by atoms with Crippen LogP contribution in [0.2, 0.25) is 0 Å². The summed E-state index contributed by atoms with van der Waals surface area (Å²) in [6.45, 7) is 4.24. The first-order chi connectivity index (χ1) is 7.65. The van der Waals surface area contributed by atoms with Gasteiger partial charge in [-0.25, -0.2) is 4.79 Å². The summed E-state index contributed by atoms with van der Waals surface area (Å²) >= 11 is 3.48. The van der Waals surface area contributed by atoms with Gasteiger partial charge in [0.1, 0.15) is 0 Å². The second-order valence-corrected chi connectivity index (χ2v) is 4.28. The zero-order chi connectivity index (χ0) is 12.0. The summed E-state index contributed by atoms with van der Waals surface area (Å²) in [5.41, 5.74) is 1.16. The van der Waals surface area contributed by atoms with E-state index in [0.717, 1.165) is 10.0 Å². The van der Waals surface area contributed by atoms with Gasteiger partial charge in [0.25, 0.3) is 0 Å². The summed E-state index contributed by atoms with van der Waals surface area (Å²) in [6.07, 6.45) is 3.33. The van der Waals surface area contributed by atoms with E-state index >= 15 is 0 Å². The standard InChI is InChI=1S/C13H15BrO2/c1-3-16-13(15)9-8-10(2)11-6-4-5-7-12(11)14/h4-10H,3H2,1-2H3/b9-8+. The van der Waals surface area contributed by atoms with Crippen LogP contribution in [-0.4, -0.2) is 12.6 Å². The van der Waals surface area contributed by atoms with Gasteiger partial charge in [0.05, 0.1) is 6.61 Å². The molecule has 0 heterocycles. The predicted molar refractivity (Wildman–Crippen MR) is 68.3 cm³/mol. The van der Waals surface area contributed by atoms with Crippen molar-refractivity contribution in [1.29, 1.82) is 0 Å². The zero-order valence-corrected chi connectivity index (χ0v) is 11.0. The van der Waals surface area contributed by atoms with Gasteiger partial charge in [0.15, 0.2) is 0 Å². The van der Waals surface area contributed by atoms with E-state index in [-0.39, 0.29) is 11.9 Å². The number of benzene rings is 1. The molecule has 1 aromatic rings. The monoisotopic (exact) mass is 282 g/mol. The number of carbonyl (C=O) groups is 1. The molecule has 0 radical (unpaired) electrons. The molecular formula is C13H15BrO2. The van der Waals surface area contributed by atoms with Gasteiger partial charge in [0, 0.05) is 16.5 Å². The van der Waals surface area contributed by atoms with E-state index in [1.807, 2.05) is 37.3 Å². The SMILES string of the molecule is CCOC(=O)/C=C/C(C)c1ccccc1Br. The van der Waals surface area contributed by atoms with Gasteiger partial charge >= 0.3 is 5.97 Å². The van der Waals surface area contributed by atoms with Crippen molar-refractivity contribution in [1.82, 2.24) is 0 Å². The Morgan fingerprint density at radius 1 is 1.50 bits per heavy atom. The fourth-order valence-electron chi connectivity index (χ4n) is 1.36. The maximum Gasteiger partial charge on any atom is 0.330 e. The van der Waals surface area contributed by atoms with E-state index in [0.29, 0.717) is 6.61 Å². The molecule has 3 heteroatoms. The van der Waals surface area contributed by atoms with Gasteiger partial charge in [-0.1, -0.05) is 47.1 Å². The molecule has 1 aromatic carbocycles. The lowest BCUT2D eigenvalue weighted by atomic mass is 10.0. The summed E-state index contributed by atoms with van der Waals surface area (Å²) in [7, 11) is 0. The minimum absolute atomic E-state index is 0.181. The van der Waals surface area contributed by atoms with Crippen molar-refractivity contribution in [3.05, 3.63) is 46.5 Å². The van der Waals surface area contributed by atoms with Gasteiger partial charge in [0.2, 0.25) is 0 Å². The second-order valence-electron chi connectivity index (χ2n) is 3.42. The maximum absolute atomic E-state index is 11.1. The van der Waals surface area contributed by atoms with Crippen molar-refractivity contribution < 1.29 is 9.53 Å². The number of esters is 1. The van der Waals surface area contributed by atoms with Gasteiger partial charge in [-0.05, 0) is 18.6 Å². The van der Waals surface area contributed by atoms with Crippen LogP contribution in [0.4, 0.5) is 0 Å². The van der Waals surface area contributed by atoms with E-state index in [2.05, 4.69) is 15.9 Å². The van der Waals surface area contributed by atoms with Gasteiger partial charge < -0.3 is 4.74 Å². The van der Waals surface area contributed by atoms with Crippen molar-refractivity contribution in [2.75, 3.05) is 6.61 Å². The van der Waals surface area contributed by atoms with Crippen LogP contribution in [0, 0.1) is 0 Å². The van der Waals surface area contributed by atoms with Gasteiger partial charge in [-0.3, -0.25) is 0 Å². The molecule has 0 spiro atoms. The number of carbonyl (C=O) groups excluding carboxylic acids is 1. The molecule has 1 rings (SSSR count). The number of hydrogen-bond acceptors (Lipinski definition) is 2. The van der Waals surface area contributed by atoms with E-state index in [4.69, 9.17) is 4.74 Å². The minimum atomic E-state index is -0.290. The minimum Gasteiger partial charge on any atom is -0.463 e. The molecule has 0 aliphatic heterocycles. The summed E-state index contributed by atoms with van der Waals surface area (Å²) in [4.78, 5) is 11.1. The summed E-state index contributed by atoms with van der Waals surface area (Å²) in [5, 5.41) is 0. The Morgan fingerprint density at radius 2 is 2.19 bits per heavy atom. The van der Waals surface area contributed by atoms with Crippen LogP contribution in [-0.2, 0) is 9.53 Å². The Bertz CT molecular complexity index is 385. The molecule has 0 saturated carbocycles. The van der Waals surface area contributed by atoms with Crippen LogP contribution in [0.1, 0.15) is 25.3 Å². The summed E-state index contributed by atoms with van der Waals surface area (Å²) < 4.78 is 5.87. The van der Waals surface area contributed by atoms with Crippen LogP contribution in [0.3, 0.4) is 0 Å². The summed E-state index contributed by atoms with van der Waals surface area (Å²) in [6, 6.07) is 7.97. The van der Waals surface area contributed by atoms with Gasteiger partial charge in [-0.2, -0.15) is 0 Å². The fourth-order valence-corrected chi connectivity index (χ4v) is 2.01. The Hall–Kier alpha value is -1.09. The lowest BCUT2D eigenvalue weighted by molar-refractivity contribution is -0.137. The molecule has 1 atom stereocenters. The Balaban J connectivity index is 2.69. The number of hydrogen-bond donors (Lipinski definition) is 0. The van der Waals surface area contributed by atoms with Crippen molar-refractivity contribution in [2.24, 2.45) is 0 Å². The number of allylic oxidation sites excluding steroid dienone is 1. The molecule has 0 aromatic heterocycles. The molecule has 16 heavy (non-hydrogen) atoms. The lowest BCUT2D eigenvalue weighted by Gasteiger charge is -2.08. The first-order valence-electron chi connectivity index (χ1n) is 5.24. The highest BCUT2D eigenvalue weighted by atomic mass is 79.9. The molecule has 0 bridgehead atoms. The number of rotatable bonds is 4. The number of halogens is 1. The maximum atomic E-state index is 11.1. The predicted octanol–water partition coefficient (Wildman–Crippen LogP) is 3.67. The summed E-state index contributed by atoms with van der Waals surface area (Å²) in [5.74, 6) is -0.110. The highest BCUT2D eigenvalue weighted by molar-refractivity contribution is 9.10. The molecule has 2 nitrogen and oxygen atoms in total. The molecule has 0 N–H and O–H groups in total. The van der Waals surface area contributed by atoms with Crippen LogP contribution < -0.4 is 0 Å². The van der Waals surface area contributed by atoms with Crippen LogP contribution in [0.25, 0.3) is 0 Å². The number of ether oxygens (including phenoxy) is 1. The Morgan fingerprint density at radius 3 is 2.81 bits per heavy atom. The van der Waals surface area contributed by atoms with Crippen LogP contribution in [0.15, 0.2) is 40.9 Å². The molecule has 0 amide bonds. The Kier molecular flexibility index (Phi) is 5.26. The topological polar surface area (TPSA) is 26.3 Å². The third kappa shape index (κ3) is 3.81. The average molecular weight is 283 g/mol. The quantitative estimate of drug-likeness (QED) is 0.622. The molecular weight excluding hydrogens is 268 g/mol. The second kappa shape index (κ2) is 6.48. The molecule has 86 valence electrons. The normalized spacial score (nSPS) is 12.7. The third-order valence-electron chi connectivity index (χ3n) is 2.20. The van der Waals surface area contributed by atoms with E-state index in [1.54, 1.807) is 6.92 Å². The zero-order valence-electron chi connectivity index (χ0n) is 9.44. The van der Waals surface area contributed by atoms with Crippen LogP contribution >= 0.6 is 15.9 Å². The van der Waals surface area contributed by atoms with Crippen molar-refractivity contribution in [2.45, 2.75) is 19.8 Å². The first-order valence-corrected chi connectivity index (χ1v) is 6.03. The average Bonchev–Trinajstić information content (AvgIpc) is 2.27. The highest BCUT2D eigenvalue weighted by Gasteiger charge is 2.05. The molecule has 0 aliphatic carbocycles.